The van der Waals surface area contributed by atoms with Crippen LogP contribution in [0.1, 0.15) is 0 Å². The molecule has 2 radical (unpaired) electrons. The van der Waals surface area contributed by atoms with Crippen molar-refractivity contribution in [2.45, 2.75) is 0 Å². The van der Waals surface area contributed by atoms with Crippen LogP contribution in [0, 0.1) is 0 Å². The van der Waals surface area contributed by atoms with Crippen molar-refractivity contribution in [3.8, 4) is 0 Å². The van der Waals surface area contributed by atoms with Crippen LogP contribution in [-0.2, 0) is 324 Å². The minimum atomic E-state index is -6.26. The molecule has 4 fully saturated rings. The van der Waals surface area contributed by atoms with Gasteiger partial charge >= 0.3 is 513 Å². The zero-order valence-electron chi connectivity index (χ0n) is 28.2. The van der Waals surface area contributed by atoms with E-state index in [1.165, 1.54) is 0 Å². The maximum atomic E-state index is 10.4. The van der Waals surface area contributed by atoms with Gasteiger partial charge in [-0.3, -0.25) is 0 Å². The molecule has 0 bridgehead atoms. The second-order valence-electron chi connectivity index (χ2n) is 5.72. The molecule has 0 aliphatic carbocycles. The second kappa shape index (κ2) is 38.9. The SMILES string of the molecule is O.O.O.[Co].[K+].[K+].[K+].[K+].[K].[OH-].[OH-].[OH-].[OH-].[O]=[W]1(=[O])[O][W](=[O])(=[O])[O][W](=[O])(=[O])[O]1.[O]=[W]1(=[O])[O][W](=[O])(=[O])[O][W](=[O])(=[O])[O]1.[O]=[W]1(=[O])[O][W](=[O])(=[O])[O][W](=[O])(=[O])[O]1.[O]=[W]1(=[O])[O][W](=[O])(=[O])[O][W](=[O])(=[O])[O]1. The van der Waals surface area contributed by atoms with Crippen molar-refractivity contribution in [1.29, 1.82) is 0 Å². The maximum absolute atomic E-state index is 10.4. The van der Waals surface area contributed by atoms with Gasteiger partial charge in [0, 0.05) is 68.2 Å². The van der Waals surface area contributed by atoms with E-state index in [2.05, 4.69) is 24.5 Å². The Bertz CT molecular complexity index is 1890. The predicted molar refractivity (Wildman–Crippen MR) is 53.8 cm³/mol. The molecule has 0 saturated carbocycles. The third-order valence-electron chi connectivity index (χ3n) is 2.00. The molecule has 354 valence electrons. The summed E-state index contributed by atoms with van der Waals surface area (Å²) < 4.78 is 290. The van der Waals surface area contributed by atoms with Gasteiger partial charge in [-0.2, -0.15) is 0 Å². The Labute approximate surface area is 600 Å². The Morgan fingerprint density at radius 1 is 0.180 bits per heavy atom. The Kier molecular flexibility index (Phi) is 66.7. The van der Waals surface area contributed by atoms with Gasteiger partial charge in [-0.1, -0.05) is 0 Å². The Hall–Kier alpha value is 11.4. The van der Waals surface area contributed by atoms with E-state index in [-0.39, 0.29) is 312 Å². The molecule has 0 spiro atoms. The number of rotatable bonds is 0. The Balaban J connectivity index is -0.0000000427. The molecule has 10 N–H and O–H groups in total. The van der Waals surface area contributed by atoms with E-state index >= 15 is 0 Å². The van der Waals surface area contributed by atoms with Gasteiger partial charge in [0.15, 0.2) is 0 Å². The zero-order chi connectivity index (χ0) is 38.5. The molecule has 4 aliphatic rings. The molecule has 61 heteroatoms. The summed E-state index contributed by atoms with van der Waals surface area (Å²) in [5.74, 6) is 0. The van der Waals surface area contributed by atoms with Crippen molar-refractivity contribution >= 4 is 51.4 Å². The van der Waals surface area contributed by atoms with Gasteiger partial charge in [0.05, 0.1) is 0 Å². The van der Waals surface area contributed by atoms with E-state index in [4.69, 9.17) is 0 Å². The van der Waals surface area contributed by atoms with Crippen LogP contribution in [0.15, 0.2) is 0 Å². The molecule has 4 rings (SSSR count). The summed E-state index contributed by atoms with van der Waals surface area (Å²) in [5, 5.41) is 0. The summed E-state index contributed by atoms with van der Waals surface area (Å²) >= 11 is -75.1. The first-order chi connectivity index (χ1) is 20.5. The topological polar surface area (TPSA) is 735 Å². The average molecular weight is 3160 g/mol. The van der Waals surface area contributed by atoms with Crippen molar-refractivity contribution in [2.24, 2.45) is 0 Å². The van der Waals surface area contributed by atoms with Crippen LogP contribution in [0.4, 0.5) is 0 Å². The zero-order valence-corrected chi connectivity index (χ0v) is 80.1. The Morgan fingerprint density at radius 2 is 0.213 bits per heavy atom. The van der Waals surface area contributed by atoms with Crippen molar-refractivity contribution in [3.05, 3.63) is 0 Å². The molecule has 0 atom stereocenters. The summed E-state index contributed by atoms with van der Waals surface area (Å²) in [5.41, 5.74) is 0. The van der Waals surface area contributed by atoms with Crippen LogP contribution >= 0.6 is 0 Å². The van der Waals surface area contributed by atoms with Gasteiger partial charge in [-0.15, -0.1) is 0 Å². The standard InChI is InChI=1S/Co.5K.7H2O.36O.12W/h;;;;;;7*1H2;;;;;;;;;;;;;;;;;;;;;;;;;;;;;;;;;;;;;;;;;;;;;;;;/q;;4*+1;;;;;;;;;;;;;;;;;;;;;;;;;;;;;;;;;;;;;;;;;;;;;;;;;;;;;;;/p-4. The molecule has 0 unspecified atom stereocenters. The van der Waals surface area contributed by atoms with Crippen LogP contribution in [0.3, 0.4) is 0 Å². The van der Waals surface area contributed by atoms with Crippen LogP contribution in [0.25, 0.3) is 0 Å². The molecular weight excluding hydrogens is 3150 g/mol. The van der Waals surface area contributed by atoms with Gasteiger partial charge in [-0.25, -0.2) is 0 Å². The van der Waals surface area contributed by atoms with E-state index in [1.807, 2.05) is 0 Å². The first kappa shape index (κ1) is 105. The molecule has 4 saturated heterocycles. The first-order valence-corrected chi connectivity index (χ1v) is 65.5. The molecule has 4 heterocycles. The van der Waals surface area contributed by atoms with E-state index in [0.29, 0.717) is 0 Å². The van der Waals surface area contributed by atoms with E-state index in [9.17, 15) is 81.5 Å². The summed E-state index contributed by atoms with van der Waals surface area (Å²) in [7, 11) is 0. The fourth-order valence-corrected chi connectivity index (χ4v) is 157. The number of hydrogen-bond donors (Lipinski definition) is 0. The normalized spacial score (nSPS) is 24.4. The van der Waals surface area contributed by atoms with Gasteiger partial charge in [-0.05, 0) is 0 Å². The summed E-state index contributed by atoms with van der Waals surface area (Å²) in [4.78, 5) is 0. The van der Waals surface area contributed by atoms with E-state index in [1.54, 1.807) is 0 Å². The molecule has 4 aliphatic heterocycles. The quantitative estimate of drug-likeness (QED) is 0.203. The van der Waals surface area contributed by atoms with Crippen LogP contribution in [0.5, 0.6) is 0 Å². The van der Waals surface area contributed by atoms with Crippen molar-refractivity contribution in [1.82, 2.24) is 0 Å². The van der Waals surface area contributed by atoms with Gasteiger partial charge in [0.2, 0.25) is 0 Å². The Morgan fingerprint density at radius 3 is 0.246 bits per heavy atom. The molecule has 0 aromatic heterocycles. The fourth-order valence-electron chi connectivity index (χ4n) is 1.36. The molecular formula is H10CoK5O43W12. The van der Waals surface area contributed by atoms with Gasteiger partial charge in [0.25, 0.3) is 0 Å². The monoisotopic (exact) mass is 3160 g/mol. The third kappa shape index (κ3) is 49.4. The summed E-state index contributed by atoms with van der Waals surface area (Å²) in [6.07, 6.45) is 0. The van der Waals surface area contributed by atoms with Gasteiger partial charge in [0.1, 0.15) is 0 Å². The average Bonchev–Trinajstić information content (AvgIpc) is 2.51. The van der Waals surface area contributed by atoms with Crippen LogP contribution < -0.4 is 206 Å². The molecule has 43 nitrogen and oxygen atoms in total. The third-order valence-corrected chi connectivity index (χ3v) is 134. The summed E-state index contributed by atoms with van der Waals surface area (Å²) in [6.45, 7) is 0. The van der Waals surface area contributed by atoms with Crippen molar-refractivity contribution < 1.29 is 568 Å². The molecule has 0 aromatic rings. The second-order valence-corrected chi connectivity index (χ2v) is 94.8. The molecule has 61 heavy (non-hydrogen) atoms. The molecule has 0 aromatic carbocycles. The van der Waals surface area contributed by atoms with E-state index in [0.717, 1.165) is 0 Å². The minimum absolute atomic E-state index is 0. The van der Waals surface area contributed by atoms with E-state index < -0.39 is 201 Å². The van der Waals surface area contributed by atoms with Crippen molar-refractivity contribution in [3.63, 3.8) is 0 Å². The summed E-state index contributed by atoms with van der Waals surface area (Å²) in [6, 6.07) is 0. The van der Waals surface area contributed by atoms with Crippen LogP contribution in [-0.4, -0.2) is 89.7 Å². The van der Waals surface area contributed by atoms with Crippen LogP contribution in [0.2, 0.25) is 0 Å². The first-order valence-electron chi connectivity index (χ1n) is 8.00. The van der Waals surface area contributed by atoms with Crippen molar-refractivity contribution in [2.75, 3.05) is 0 Å². The fraction of sp³-hybridized carbons (Fsp3) is 0. The van der Waals surface area contributed by atoms with Gasteiger partial charge < -0.3 is 38.3 Å². The molecule has 0 amide bonds. The number of hydrogen-bond acceptors (Lipinski definition) is 40. The predicted octanol–water partition coefficient (Wildman–Crippen LogP) is -19.3.